The SMILES string of the molecule is CCNC(=NCc1cc(OC)c(O)c(OC)c1)N1CCc2ccccc2C1.I. The molecule has 6 nitrogen and oxygen atoms in total. The van der Waals surface area contributed by atoms with Crippen molar-refractivity contribution in [1.82, 2.24) is 10.2 Å². The van der Waals surface area contributed by atoms with Gasteiger partial charge in [-0.3, -0.25) is 0 Å². The highest BCUT2D eigenvalue weighted by Gasteiger charge is 2.19. The summed E-state index contributed by atoms with van der Waals surface area (Å²) in [6.45, 7) is 5.13. The molecule has 2 aromatic rings. The first kappa shape index (κ1) is 22.1. The van der Waals surface area contributed by atoms with Gasteiger partial charge in [0.2, 0.25) is 5.75 Å². The summed E-state index contributed by atoms with van der Waals surface area (Å²) in [5.41, 5.74) is 3.68. The third kappa shape index (κ3) is 5.01. The van der Waals surface area contributed by atoms with E-state index in [2.05, 4.69) is 41.4 Å². The highest BCUT2D eigenvalue weighted by Crippen LogP contribution is 2.37. The summed E-state index contributed by atoms with van der Waals surface area (Å²) >= 11 is 0. The van der Waals surface area contributed by atoms with E-state index >= 15 is 0 Å². The van der Waals surface area contributed by atoms with Crippen LogP contribution in [-0.2, 0) is 19.5 Å². The Balaban J connectivity index is 0.00000280. The van der Waals surface area contributed by atoms with E-state index in [4.69, 9.17) is 14.5 Å². The molecule has 3 rings (SSSR count). The van der Waals surface area contributed by atoms with Crippen LogP contribution in [0.2, 0.25) is 0 Å². The highest BCUT2D eigenvalue weighted by molar-refractivity contribution is 14.0. The molecule has 1 heterocycles. The summed E-state index contributed by atoms with van der Waals surface area (Å²) in [6.07, 6.45) is 1.02. The standard InChI is InChI=1S/C21H27N3O3.HI/c1-4-22-21(24-10-9-16-7-5-6-8-17(16)14-24)23-13-15-11-18(26-2)20(25)19(12-15)27-3;/h5-8,11-12,25H,4,9-10,13-14H2,1-3H3,(H,22,23);1H. The average Bonchev–Trinajstić information content (AvgIpc) is 2.71. The maximum atomic E-state index is 10.1. The molecular formula is C21H28IN3O3. The molecular weight excluding hydrogens is 469 g/mol. The van der Waals surface area contributed by atoms with Gasteiger partial charge in [0, 0.05) is 19.6 Å². The molecule has 2 N–H and O–H groups in total. The molecule has 152 valence electrons. The molecule has 0 amide bonds. The molecule has 0 radical (unpaired) electrons. The Hall–Kier alpha value is -2.16. The van der Waals surface area contributed by atoms with Gasteiger partial charge in [-0.15, -0.1) is 24.0 Å². The smallest absolute Gasteiger partial charge is 0.200 e. The normalized spacial score (nSPS) is 13.4. The number of ether oxygens (including phenoxy) is 2. The predicted octanol–water partition coefficient (Wildman–Crippen LogP) is 3.55. The molecule has 0 spiro atoms. The van der Waals surface area contributed by atoms with Crippen molar-refractivity contribution < 1.29 is 14.6 Å². The molecule has 2 aromatic carbocycles. The topological polar surface area (TPSA) is 66.3 Å². The summed E-state index contributed by atoms with van der Waals surface area (Å²) in [6, 6.07) is 12.1. The lowest BCUT2D eigenvalue weighted by atomic mass is 10.0. The second-order valence-corrected chi connectivity index (χ2v) is 6.46. The lowest BCUT2D eigenvalue weighted by Crippen LogP contribution is -2.44. The molecule has 0 bridgehead atoms. The fourth-order valence-electron chi connectivity index (χ4n) is 3.31. The number of methoxy groups -OCH3 is 2. The number of phenolic OH excluding ortho intramolecular Hbond substituents is 1. The Bertz CT molecular complexity index is 801. The van der Waals surface area contributed by atoms with Gasteiger partial charge in [0.05, 0.1) is 20.8 Å². The van der Waals surface area contributed by atoms with Crippen molar-refractivity contribution in [2.45, 2.75) is 26.4 Å². The molecule has 1 aliphatic rings. The number of nitrogens with one attached hydrogen (secondary N) is 1. The number of hydrogen-bond acceptors (Lipinski definition) is 4. The van der Waals surface area contributed by atoms with Crippen molar-refractivity contribution in [3.63, 3.8) is 0 Å². The largest absolute Gasteiger partial charge is 0.502 e. The lowest BCUT2D eigenvalue weighted by molar-refractivity contribution is 0.339. The van der Waals surface area contributed by atoms with E-state index in [1.54, 1.807) is 12.1 Å². The second kappa shape index (κ2) is 10.4. The van der Waals surface area contributed by atoms with Crippen LogP contribution in [-0.4, -0.2) is 43.3 Å². The minimum atomic E-state index is 0. The monoisotopic (exact) mass is 497 g/mol. The first-order valence-corrected chi connectivity index (χ1v) is 9.20. The second-order valence-electron chi connectivity index (χ2n) is 6.46. The Morgan fingerprint density at radius 3 is 2.39 bits per heavy atom. The number of nitrogens with zero attached hydrogens (tertiary/aromatic N) is 2. The van der Waals surface area contributed by atoms with E-state index in [1.165, 1.54) is 25.3 Å². The van der Waals surface area contributed by atoms with Crippen LogP contribution >= 0.6 is 24.0 Å². The first-order valence-electron chi connectivity index (χ1n) is 9.20. The Morgan fingerprint density at radius 1 is 1.14 bits per heavy atom. The number of guanidine groups is 1. The van der Waals surface area contributed by atoms with Crippen molar-refractivity contribution in [1.29, 1.82) is 0 Å². The van der Waals surface area contributed by atoms with Crippen molar-refractivity contribution >= 4 is 29.9 Å². The quantitative estimate of drug-likeness (QED) is 0.376. The van der Waals surface area contributed by atoms with Gasteiger partial charge in [0.25, 0.3) is 0 Å². The molecule has 1 aliphatic heterocycles. The van der Waals surface area contributed by atoms with Crippen LogP contribution in [0.15, 0.2) is 41.4 Å². The molecule has 0 saturated carbocycles. The third-order valence-electron chi connectivity index (χ3n) is 4.72. The maximum absolute atomic E-state index is 10.1. The number of phenols is 1. The van der Waals surface area contributed by atoms with Crippen molar-refractivity contribution in [3.05, 3.63) is 53.1 Å². The van der Waals surface area contributed by atoms with Gasteiger partial charge >= 0.3 is 0 Å². The minimum absolute atomic E-state index is 0. The van der Waals surface area contributed by atoms with E-state index in [0.717, 1.165) is 37.6 Å². The van der Waals surface area contributed by atoms with Gasteiger partial charge < -0.3 is 24.8 Å². The Labute approximate surface area is 183 Å². The molecule has 7 heteroatoms. The van der Waals surface area contributed by atoms with Crippen molar-refractivity contribution in [2.24, 2.45) is 4.99 Å². The maximum Gasteiger partial charge on any atom is 0.200 e. The first-order chi connectivity index (χ1) is 13.2. The number of aromatic hydroxyl groups is 1. The summed E-state index contributed by atoms with van der Waals surface area (Å²) in [7, 11) is 3.05. The van der Waals surface area contributed by atoms with Crippen molar-refractivity contribution in [2.75, 3.05) is 27.3 Å². The van der Waals surface area contributed by atoms with Crippen LogP contribution < -0.4 is 14.8 Å². The molecule has 0 atom stereocenters. The van der Waals surface area contributed by atoms with Gasteiger partial charge in [-0.2, -0.15) is 0 Å². The number of hydrogen-bond donors (Lipinski definition) is 2. The molecule has 0 aliphatic carbocycles. The number of aliphatic imine (C=N–C) groups is 1. The number of benzene rings is 2. The van der Waals surface area contributed by atoms with Crippen LogP contribution in [0.1, 0.15) is 23.6 Å². The van der Waals surface area contributed by atoms with Crippen molar-refractivity contribution in [3.8, 4) is 17.2 Å². The van der Waals surface area contributed by atoms with E-state index in [1.807, 2.05) is 0 Å². The number of halogens is 1. The van der Waals surface area contributed by atoms with Crippen LogP contribution in [0.3, 0.4) is 0 Å². The van der Waals surface area contributed by atoms with Gasteiger partial charge in [-0.05, 0) is 42.2 Å². The highest BCUT2D eigenvalue weighted by atomic mass is 127. The molecule has 0 unspecified atom stereocenters. The summed E-state index contributed by atoms with van der Waals surface area (Å²) in [5.74, 6) is 1.66. The van der Waals surface area contributed by atoms with Crippen LogP contribution in [0, 0.1) is 0 Å². The van der Waals surface area contributed by atoms with Gasteiger partial charge in [-0.1, -0.05) is 24.3 Å². The molecule has 0 fully saturated rings. The summed E-state index contributed by atoms with van der Waals surface area (Å²) in [4.78, 5) is 7.08. The lowest BCUT2D eigenvalue weighted by Gasteiger charge is -2.31. The summed E-state index contributed by atoms with van der Waals surface area (Å²) < 4.78 is 10.5. The zero-order chi connectivity index (χ0) is 19.2. The average molecular weight is 497 g/mol. The van der Waals surface area contributed by atoms with Gasteiger partial charge in [0.15, 0.2) is 17.5 Å². The van der Waals surface area contributed by atoms with Gasteiger partial charge in [0.1, 0.15) is 0 Å². The third-order valence-corrected chi connectivity index (χ3v) is 4.72. The molecule has 0 saturated heterocycles. The van der Waals surface area contributed by atoms with E-state index in [0.29, 0.717) is 18.0 Å². The van der Waals surface area contributed by atoms with E-state index < -0.39 is 0 Å². The van der Waals surface area contributed by atoms with Crippen LogP contribution in [0.5, 0.6) is 17.2 Å². The molecule has 0 aromatic heterocycles. The van der Waals surface area contributed by atoms with E-state index in [-0.39, 0.29) is 29.7 Å². The zero-order valence-electron chi connectivity index (χ0n) is 16.6. The predicted molar refractivity (Wildman–Crippen MR) is 122 cm³/mol. The zero-order valence-corrected chi connectivity index (χ0v) is 18.9. The molecule has 28 heavy (non-hydrogen) atoms. The minimum Gasteiger partial charge on any atom is -0.502 e. The summed E-state index contributed by atoms with van der Waals surface area (Å²) in [5, 5.41) is 13.5. The Kier molecular flexibility index (Phi) is 8.22. The fraction of sp³-hybridized carbons (Fsp3) is 0.381. The fourth-order valence-corrected chi connectivity index (χ4v) is 3.31. The Morgan fingerprint density at radius 2 is 1.79 bits per heavy atom. The number of fused-ring (bicyclic) bond motifs is 1. The van der Waals surface area contributed by atoms with Crippen LogP contribution in [0.25, 0.3) is 0 Å². The van der Waals surface area contributed by atoms with Crippen LogP contribution in [0.4, 0.5) is 0 Å². The van der Waals surface area contributed by atoms with E-state index in [9.17, 15) is 5.11 Å². The van der Waals surface area contributed by atoms with Gasteiger partial charge in [-0.25, -0.2) is 4.99 Å². The number of rotatable bonds is 5.